The molecule has 7 nitrogen and oxygen atoms in total. The molecule has 1 N–H and O–H groups in total. The first-order chi connectivity index (χ1) is 15.3. The first-order valence-electron chi connectivity index (χ1n) is 9.52. The zero-order chi connectivity index (χ0) is 22.6. The zero-order valence-electron chi connectivity index (χ0n) is 16.9. The lowest BCUT2D eigenvalue weighted by molar-refractivity contribution is -0.114. The van der Waals surface area contributed by atoms with E-state index in [0.717, 1.165) is 22.6 Å². The molecule has 0 saturated carbocycles. The predicted molar refractivity (Wildman–Crippen MR) is 128 cm³/mol. The molecule has 10 heteroatoms. The van der Waals surface area contributed by atoms with Crippen LogP contribution in [0.4, 0.5) is 0 Å². The van der Waals surface area contributed by atoms with E-state index < -0.39 is 5.91 Å². The van der Waals surface area contributed by atoms with Crippen LogP contribution in [0.1, 0.15) is 22.7 Å². The highest BCUT2D eigenvalue weighted by molar-refractivity contribution is 8.27. The van der Waals surface area contributed by atoms with Crippen LogP contribution in [0, 0.1) is 19.3 Å². The number of fused-ring (bicyclic) bond motifs is 1. The largest absolute Gasteiger partial charge is 0.462 e. The standard InChI is InChI=1S/C22H15Cl2N5O2S/c1-11-8-13(12(2)28(11)17-10-14(23)5-6-16(17)24)9-15-19(25)29-22(26-20(15)30)32-21(27-29)18-4-3-7-31-18/h3-10,25H,1-2H3. The molecule has 160 valence electrons. The minimum atomic E-state index is -0.491. The van der Waals surface area contributed by atoms with Gasteiger partial charge in [-0.15, -0.1) is 0 Å². The number of carbonyl (C=O) groups excluding carboxylic acids is 1. The van der Waals surface area contributed by atoms with Crippen LogP contribution in [0.15, 0.2) is 62.7 Å². The lowest BCUT2D eigenvalue weighted by atomic mass is 10.1. The summed E-state index contributed by atoms with van der Waals surface area (Å²) in [4.78, 5) is 16.9. The highest BCUT2D eigenvalue weighted by Gasteiger charge is 2.36. The van der Waals surface area contributed by atoms with Gasteiger partial charge in [0.25, 0.3) is 5.91 Å². The van der Waals surface area contributed by atoms with Crippen molar-refractivity contribution < 1.29 is 9.21 Å². The molecule has 2 aliphatic rings. The quantitative estimate of drug-likeness (QED) is 0.486. The molecule has 0 spiro atoms. The van der Waals surface area contributed by atoms with Crippen molar-refractivity contribution in [2.45, 2.75) is 13.8 Å². The number of hydrogen-bond donors (Lipinski definition) is 1. The third-order valence-corrected chi connectivity index (χ3v) is 6.58. The second kappa shape index (κ2) is 7.81. The summed E-state index contributed by atoms with van der Waals surface area (Å²) in [7, 11) is 0. The summed E-state index contributed by atoms with van der Waals surface area (Å²) in [5, 5.41) is 16.3. The van der Waals surface area contributed by atoms with E-state index >= 15 is 0 Å². The lowest BCUT2D eigenvalue weighted by Crippen LogP contribution is -2.35. The molecule has 0 saturated heterocycles. The number of hydrazone groups is 1. The predicted octanol–water partition coefficient (Wildman–Crippen LogP) is 5.66. The van der Waals surface area contributed by atoms with E-state index in [1.165, 1.54) is 16.8 Å². The highest BCUT2D eigenvalue weighted by atomic mass is 35.5. The Hall–Kier alpha value is -3.07. The fourth-order valence-electron chi connectivity index (χ4n) is 3.61. The SMILES string of the molecule is Cc1cc(C=C2C(=N)N3N=C(c4ccco4)SC3=NC2=O)c(C)n1-c1cc(Cl)ccc1Cl. The summed E-state index contributed by atoms with van der Waals surface area (Å²) in [5.74, 6) is 0.0229. The Morgan fingerprint density at radius 2 is 2.00 bits per heavy atom. The van der Waals surface area contributed by atoms with Gasteiger partial charge < -0.3 is 8.98 Å². The average Bonchev–Trinajstić information content (AvgIpc) is 3.47. The molecular weight excluding hydrogens is 469 g/mol. The number of aromatic nitrogens is 1. The maximum absolute atomic E-state index is 12.8. The van der Waals surface area contributed by atoms with Crippen molar-refractivity contribution in [2.24, 2.45) is 10.1 Å². The number of benzene rings is 1. The molecule has 3 aromatic rings. The number of aryl methyl sites for hydroxylation is 1. The maximum Gasteiger partial charge on any atom is 0.283 e. The number of nitrogens with one attached hydrogen (secondary N) is 1. The van der Waals surface area contributed by atoms with Crippen LogP contribution in [-0.2, 0) is 4.79 Å². The number of hydrogen-bond acceptors (Lipinski definition) is 5. The molecule has 32 heavy (non-hydrogen) atoms. The second-order valence-corrected chi connectivity index (χ2v) is 8.96. The number of furan rings is 1. The Morgan fingerprint density at radius 3 is 2.75 bits per heavy atom. The van der Waals surface area contributed by atoms with E-state index in [-0.39, 0.29) is 11.4 Å². The minimum Gasteiger partial charge on any atom is -0.462 e. The highest BCUT2D eigenvalue weighted by Crippen LogP contribution is 2.33. The number of rotatable bonds is 3. The normalized spacial score (nSPS) is 17.1. The molecule has 0 unspecified atom stereocenters. The molecule has 1 amide bonds. The van der Waals surface area contributed by atoms with E-state index in [1.807, 2.05) is 24.5 Å². The van der Waals surface area contributed by atoms with Crippen molar-refractivity contribution in [1.29, 1.82) is 5.41 Å². The molecule has 0 aliphatic carbocycles. The first-order valence-corrected chi connectivity index (χ1v) is 11.1. The number of halogens is 2. The van der Waals surface area contributed by atoms with Crippen LogP contribution < -0.4 is 0 Å². The summed E-state index contributed by atoms with van der Waals surface area (Å²) in [6, 6.07) is 10.7. The van der Waals surface area contributed by atoms with Gasteiger partial charge in [-0.25, -0.2) is 0 Å². The molecule has 2 aliphatic heterocycles. The van der Waals surface area contributed by atoms with Gasteiger partial charge in [-0.05, 0) is 73.6 Å². The summed E-state index contributed by atoms with van der Waals surface area (Å²) in [5.41, 5.74) is 3.42. The topological polar surface area (TPSA) is 87.0 Å². The number of amidine groups is 2. The van der Waals surface area contributed by atoms with Crippen LogP contribution in [0.3, 0.4) is 0 Å². The van der Waals surface area contributed by atoms with Crippen molar-refractivity contribution in [1.82, 2.24) is 9.58 Å². The van der Waals surface area contributed by atoms with Gasteiger partial charge in [-0.3, -0.25) is 10.2 Å². The van der Waals surface area contributed by atoms with E-state index in [1.54, 1.807) is 42.7 Å². The number of amides is 1. The maximum atomic E-state index is 12.8. The third-order valence-electron chi connectivity index (χ3n) is 5.11. The second-order valence-electron chi connectivity index (χ2n) is 7.16. The van der Waals surface area contributed by atoms with Gasteiger partial charge in [0.15, 0.2) is 16.6 Å². The number of carbonyl (C=O) groups is 1. The molecule has 1 aromatic carbocycles. The van der Waals surface area contributed by atoms with Crippen molar-refractivity contribution in [3.05, 3.63) is 81.0 Å². The summed E-state index contributed by atoms with van der Waals surface area (Å²) in [6.45, 7) is 3.86. The van der Waals surface area contributed by atoms with Crippen molar-refractivity contribution >= 4 is 63.0 Å². The van der Waals surface area contributed by atoms with Gasteiger partial charge in [-0.1, -0.05) is 23.2 Å². The van der Waals surface area contributed by atoms with Crippen LogP contribution in [0.2, 0.25) is 10.0 Å². The van der Waals surface area contributed by atoms with Crippen molar-refractivity contribution in [2.75, 3.05) is 0 Å². The molecular formula is C22H15Cl2N5O2S. The Morgan fingerprint density at radius 1 is 1.19 bits per heavy atom. The Balaban J connectivity index is 1.55. The smallest absolute Gasteiger partial charge is 0.283 e. The fourth-order valence-corrected chi connectivity index (χ4v) is 4.84. The van der Waals surface area contributed by atoms with Crippen LogP contribution in [-0.4, -0.2) is 31.5 Å². The minimum absolute atomic E-state index is 0.0420. The van der Waals surface area contributed by atoms with Crippen LogP contribution >= 0.6 is 35.0 Å². The lowest BCUT2D eigenvalue weighted by Gasteiger charge is -2.20. The average molecular weight is 484 g/mol. The molecule has 0 fully saturated rings. The fraction of sp³-hybridized carbons (Fsp3) is 0.0909. The summed E-state index contributed by atoms with van der Waals surface area (Å²) >= 11 is 13.8. The van der Waals surface area contributed by atoms with Crippen molar-refractivity contribution in [3.63, 3.8) is 0 Å². The Kier molecular flexibility index (Phi) is 5.08. The third kappa shape index (κ3) is 3.40. The zero-order valence-corrected chi connectivity index (χ0v) is 19.2. The van der Waals surface area contributed by atoms with Crippen molar-refractivity contribution in [3.8, 4) is 5.69 Å². The number of aliphatic imine (C=N–C) groups is 1. The molecule has 0 radical (unpaired) electrons. The van der Waals surface area contributed by atoms with E-state index in [4.69, 9.17) is 33.0 Å². The summed E-state index contributed by atoms with van der Waals surface area (Å²) in [6.07, 6.45) is 3.20. The van der Waals surface area contributed by atoms with Gasteiger partial charge in [-0.2, -0.15) is 15.1 Å². The van der Waals surface area contributed by atoms with Gasteiger partial charge >= 0.3 is 0 Å². The molecule has 5 rings (SSSR count). The van der Waals surface area contributed by atoms with Gasteiger partial charge in [0.2, 0.25) is 5.17 Å². The molecule has 4 heterocycles. The monoisotopic (exact) mass is 483 g/mol. The Labute approximate surface area is 197 Å². The van der Waals surface area contributed by atoms with Gasteiger partial charge in [0.1, 0.15) is 0 Å². The van der Waals surface area contributed by atoms with E-state index in [0.29, 0.717) is 26.0 Å². The number of thioether (sulfide) groups is 1. The van der Waals surface area contributed by atoms with Gasteiger partial charge in [0.05, 0.1) is 22.5 Å². The van der Waals surface area contributed by atoms with Crippen LogP contribution in [0.5, 0.6) is 0 Å². The van der Waals surface area contributed by atoms with E-state index in [9.17, 15) is 4.79 Å². The molecule has 0 bridgehead atoms. The molecule has 2 aromatic heterocycles. The Bertz CT molecular complexity index is 1390. The van der Waals surface area contributed by atoms with E-state index in [2.05, 4.69) is 10.1 Å². The van der Waals surface area contributed by atoms with Gasteiger partial charge in [0, 0.05) is 16.4 Å². The first kappa shape index (κ1) is 20.8. The van der Waals surface area contributed by atoms with Crippen LogP contribution in [0.25, 0.3) is 11.8 Å². The number of nitrogens with zero attached hydrogens (tertiary/aromatic N) is 4. The summed E-state index contributed by atoms with van der Waals surface area (Å²) < 4.78 is 7.34. The molecule has 0 atom stereocenters.